The zero-order valence-electron chi connectivity index (χ0n) is 18.1. The SMILES string of the molecule is Cc1c(N2CCC3(CCN(CC(O)c4ccc(-n5cnnn5)cn4)CC3)CC2)c(=O)c1=O. The molecular formula is C22H27N7O3. The fraction of sp³-hybridized carbons (Fsp3) is 0.545. The van der Waals surface area contributed by atoms with Crippen LogP contribution in [-0.4, -0.2) is 67.9 Å². The second-order valence-electron chi connectivity index (χ2n) is 9.13. The van der Waals surface area contributed by atoms with Gasteiger partial charge in [0.2, 0.25) is 10.9 Å². The molecule has 0 aliphatic carbocycles. The van der Waals surface area contributed by atoms with Gasteiger partial charge in [0.25, 0.3) is 0 Å². The maximum absolute atomic E-state index is 11.9. The lowest BCUT2D eigenvalue weighted by Crippen LogP contribution is -2.50. The van der Waals surface area contributed by atoms with Crippen LogP contribution in [0, 0.1) is 12.3 Å². The minimum absolute atomic E-state index is 0.301. The number of aliphatic hydroxyl groups is 1. The third-order valence-corrected chi connectivity index (χ3v) is 7.33. The Morgan fingerprint density at radius 1 is 1.06 bits per heavy atom. The molecule has 32 heavy (non-hydrogen) atoms. The highest BCUT2D eigenvalue weighted by atomic mass is 16.3. The molecule has 2 saturated heterocycles. The number of piperidine rings is 2. The van der Waals surface area contributed by atoms with Gasteiger partial charge >= 0.3 is 0 Å². The van der Waals surface area contributed by atoms with Gasteiger partial charge in [-0.15, -0.1) is 5.10 Å². The molecule has 0 radical (unpaired) electrons. The van der Waals surface area contributed by atoms with E-state index in [2.05, 4.69) is 30.3 Å². The minimum atomic E-state index is -0.647. The molecule has 10 nitrogen and oxygen atoms in total. The van der Waals surface area contributed by atoms with Gasteiger partial charge in [0, 0.05) is 25.2 Å². The number of pyridine rings is 1. The first-order valence-corrected chi connectivity index (χ1v) is 11.1. The average Bonchev–Trinajstić information content (AvgIpc) is 3.37. The van der Waals surface area contributed by atoms with Gasteiger partial charge in [0.05, 0.1) is 23.3 Å². The maximum atomic E-state index is 11.9. The van der Waals surface area contributed by atoms with Gasteiger partial charge in [0.15, 0.2) is 0 Å². The number of nitrogens with zero attached hydrogens (tertiary/aromatic N) is 7. The molecule has 2 fully saturated rings. The first kappa shape index (κ1) is 20.9. The highest BCUT2D eigenvalue weighted by Crippen LogP contribution is 2.42. The first-order valence-electron chi connectivity index (χ1n) is 11.1. The average molecular weight is 438 g/mol. The highest BCUT2D eigenvalue weighted by molar-refractivity contribution is 5.58. The zero-order valence-corrected chi connectivity index (χ0v) is 18.1. The van der Waals surface area contributed by atoms with Crippen LogP contribution in [0.1, 0.15) is 43.0 Å². The molecule has 3 aromatic rings. The molecule has 10 heteroatoms. The lowest BCUT2D eigenvalue weighted by atomic mass is 9.71. The van der Waals surface area contributed by atoms with E-state index in [1.54, 1.807) is 13.1 Å². The van der Waals surface area contributed by atoms with Crippen LogP contribution in [0.5, 0.6) is 0 Å². The molecule has 1 aromatic carbocycles. The third kappa shape index (κ3) is 3.73. The molecule has 0 saturated carbocycles. The van der Waals surface area contributed by atoms with E-state index in [-0.39, 0.29) is 10.9 Å². The number of aromatic nitrogens is 5. The van der Waals surface area contributed by atoms with E-state index in [1.165, 1.54) is 11.0 Å². The van der Waals surface area contributed by atoms with Crippen molar-refractivity contribution in [3.05, 3.63) is 56.4 Å². The quantitative estimate of drug-likeness (QED) is 0.565. The number of rotatable bonds is 5. The van der Waals surface area contributed by atoms with Crippen molar-refractivity contribution >= 4 is 5.69 Å². The van der Waals surface area contributed by atoms with Crippen LogP contribution in [0.4, 0.5) is 5.69 Å². The van der Waals surface area contributed by atoms with E-state index in [0.717, 1.165) is 57.5 Å². The van der Waals surface area contributed by atoms with Crippen molar-refractivity contribution in [2.45, 2.75) is 38.7 Å². The Bertz CT molecular complexity index is 1130. The van der Waals surface area contributed by atoms with Crippen LogP contribution in [0.25, 0.3) is 5.69 Å². The second-order valence-corrected chi connectivity index (χ2v) is 9.13. The van der Waals surface area contributed by atoms with Gasteiger partial charge in [-0.2, -0.15) is 4.68 Å². The van der Waals surface area contributed by atoms with Crippen molar-refractivity contribution in [1.82, 2.24) is 30.1 Å². The van der Waals surface area contributed by atoms with Gasteiger partial charge in [-0.3, -0.25) is 14.6 Å². The minimum Gasteiger partial charge on any atom is -0.385 e. The van der Waals surface area contributed by atoms with Crippen LogP contribution >= 0.6 is 0 Å². The summed E-state index contributed by atoms with van der Waals surface area (Å²) in [5, 5.41) is 21.7. The molecule has 2 aromatic heterocycles. The standard InChI is InChI=1S/C22H27N7O3/c1-15-19(21(32)20(15)31)28-10-6-22(7-11-28)4-8-27(9-5-22)13-18(30)17-3-2-16(12-23-17)29-14-24-25-26-29/h2-3,12,14,18,30H,4-11,13H2,1H3. The number of anilines is 1. The molecule has 0 amide bonds. The Labute approximate surface area is 185 Å². The van der Waals surface area contributed by atoms with Crippen molar-refractivity contribution in [1.29, 1.82) is 0 Å². The zero-order chi connectivity index (χ0) is 22.3. The monoisotopic (exact) mass is 437 g/mol. The maximum Gasteiger partial charge on any atom is 0.249 e. The first-order chi connectivity index (χ1) is 15.5. The Balaban J connectivity index is 1.13. The summed E-state index contributed by atoms with van der Waals surface area (Å²) in [5.74, 6) is 0. The molecule has 2 aliphatic heterocycles. The topological polar surface area (TPSA) is 117 Å². The van der Waals surface area contributed by atoms with Crippen molar-refractivity contribution in [2.24, 2.45) is 5.41 Å². The van der Waals surface area contributed by atoms with Crippen molar-refractivity contribution < 1.29 is 5.11 Å². The summed E-state index contributed by atoms with van der Waals surface area (Å²) in [4.78, 5) is 32.2. The van der Waals surface area contributed by atoms with E-state index in [4.69, 9.17) is 0 Å². The lowest BCUT2D eigenvalue weighted by Gasteiger charge is -2.47. The molecule has 0 bridgehead atoms. The van der Waals surface area contributed by atoms with E-state index in [0.29, 0.717) is 28.9 Å². The number of β-amino-alcohol motifs (C(OH)–C–C–N with tert-alkyl or cyclic N) is 1. The van der Waals surface area contributed by atoms with Crippen molar-refractivity contribution in [3.63, 3.8) is 0 Å². The highest BCUT2D eigenvalue weighted by Gasteiger charge is 2.39. The van der Waals surface area contributed by atoms with Gasteiger partial charge in [0.1, 0.15) is 12.4 Å². The van der Waals surface area contributed by atoms with E-state index < -0.39 is 6.10 Å². The van der Waals surface area contributed by atoms with Crippen LogP contribution in [-0.2, 0) is 0 Å². The summed E-state index contributed by atoms with van der Waals surface area (Å²) in [6.07, 6.45) is 6.78. The summed E-state index contributed by atoms with van der Waals surface area (Å²) >= 11 is 0. The van der Waals surface area contributed by atoms with Gasteiger partial charge in [-0.05, 0) is 73.7 Å². The van der Waals surface area contributed by atoms with Gasteiger partial charge in [-0.1, -0.05) is 0 Å². The fourth-order valence-corrected chi connectivity index (χ4v) is 5.14. The Hall–Kier alpha value is -2.98. The molecular weight excluding hydrogens is 410 g/mol. The van der Waals surface area contributed by atoms with Crippen LogP contribution in [0.3, 0.4) is 0 Å². The van der Waals surface area contributed by atoms with Crippen LogP contribution in [0.2, 0.25) is 0 Å². The second kappa shape index (κ2) is 8.18. The molecule has 5 rings (SSSR count). The van der Waals surface area contributed by atoms with E-state index in [1.807, 2.05) is 12.1 Å². The predicted octanol–water partition coefficient (Wildman–Crippen LogP) is 0.378. The fourth-order valence-electron chi connectivity index (χ4n) is 5.14. The number of hydrogen-bond donors (Lipinski definition) is 1. The van der Waals surface area contributed by atoms with E-state index >= 15 is 0 Å². The molecule has 4 heterocycles. The number of aliphatic hydroxyl groups excluding tert-OH is 1. The molecule has 2 aliphatic rings. The Kier molecular flexibility index (Phi) is 5.34. The third-order valence-electron chi connectivity index (χ3n) is 7.33. The molecule has 1 atom stereocenters. The largest absolute Gasteiger partial charge is 0.385 e. The lowest BCUT2D eigenvalue weighted by molar-refractivity contribution is 0.0437. The van der Waals surface area contributed by atoms with Gasteiger partial charge in [-0.25, -0.2) is 0 Å². The Morgan fingerprint density at radius 3 is 2.38 bits per heavy atom. The number of likely N-dealkylation sites (tertiary alicyclic amines) is 1. The van der Waals surface area contributed by atoms with Crippen molar-refractivity contribution in [3.8, 4) is 5.69 Å². The number of tetrazole rings is 1. The normalized spacial score (nSPS) is 20.1. The smallest absolute Gasteiger partial charge is 0.249 e. The van der Waals surface area contributed by atoms with Gasteiger partial charge < -0.3 is 14.9 Å². The van der Waals surface area contributed by atoms with Crippen LogP contribution < -0.4 is 15.8 Å². The van der Waals surface area contributed by atoms with Crippen molar-refractivity contribution in [2.75, 3.05) is 37.6 Å². The summed E-state index contributed by atoms with van der Waals surface area (Å²) in [7, 11) is 0. The Morgan fingerprint density at radius 2 is 1.78 bits per heavy atom. The summed E-state index contributed by atoms with van der Waals surface area (Å²) in [6.45, 7) is 5.87. The summed E-state index contributed by atoms with van der Waals surface area (Å²) in [6, 6.07) is 3.66. The summed E-state index contributed by atoms with van der Waals surface area (Å²) < 4.78 is 1.52. The molecule has 168 valence electrons. The van der Waals surface area contributed by atoms with Crippen LogP contribution in [0.15, 0.2) is 34.2 Å². The molecule has 1 spiro atoms. The number of hydrogen-bond acceptors (Lipinski definition) is 9. The van der Waals surface area contributed by atoms with E-state index in [9.17, 15) is 14.7 Å². The predicted molar refractivity (Wildman–Crippen MR) is 118 cm³/mol. The molecule has 1 unspecified atom stereocenters. The molecule has 1 N–H and O–H groups in total. The summed E-state index contributed by atoms with van der Waals surface area (Å²) in [5.41, 5.74) is 2.30.